The van der Waals surface area contributed by atoms with Gasteiger partial charge >= 0.3 is 0 Å². The van der Waals surface area contributed by atoms with Crippen LogP contribution in [0.25, 0.3) is 5.52 Å². The number of fused-ring (bicyclic) bond motifs is 1. The SMILES string of the molecule is Cc1cc2c(NCCNc3ncc(Cl)cc3Cl)nccn2n1. The number of nitrogens with zero attached hydrogens (tertiary/aromatic N) is 4. The highest BCUT2D eigenvalue weighted by molar-refractivity contribution is 6.35. The molecule has 0 atom stereocenters. The Morgan fingerprint density at radius 1 is 1.09 bits per heavy atom. The molecule has 0 aliphatic heterocycles. The summed E-state index contributed by atoms with van der Waals surface area (Å²) < 4.78 is 1.80. The fourth-order valence-corrected chi connectivity index (χ4v) is 2.53. The fraction of sp³-hybridized carbons (Fsp3) is 0.214. The van der Waals surface area contributed by atoms with Crippen LogP contribution in [-0.4, -0.2) is 32.7 Å². The summed E-state index contributed by atoms with van der Waals surface area (Å²) in [6.07, 6.45) is 5.09. The second kappa shape index (κ2) is 6.37. The second-order valence-electron chi connectivity index (χ2n) is 4.73. The van der Waals surface area contributed by atoms with Crippen molar-refractivity contribution in [2.75, 3.05) is 23.7 Å². The van der Waals surface area contributed by atoms with E-state index in [-0.39, 0.29) is 0 Å². The normalized spacial score (nSPS) is 10.9. The van der Waals surface area contributed by atoms with E-state index in [0.717, 1.165) is 17.0 Å². The Kier molecular flexibility index (Phi) is 4.31. The summed E-state index contributed by atoms with van der Waals surface area (Å²) in [6.45, 7) is 3.26. The average molecular weight is 337 g/mol. The first-order valence-corrected chi connectivity index (χ1v) is 7.49. The summed E-state index contributed by atoms with van der Waals surface area (Å²) in [5, 5.41) is 11.8. The summed E-state index contributed by atoms with van der Waals surface area (Å²) in [5.41, 5.74) is 1.90. The smallest absolute Gasteiger partial charge is 0.152 e. The van der Waals surface area contributed by atoms with Gasteiger partial charge in [-0.3, -0.25) is 0 Å². The molecule has 2 N–H and O–H groups in total. The van der Waals surface area contributed by atoms with Crippen LogP contribution in [0.2, 0.25) is 10.0 Å². The molecule has 0 fully saturated rings. The Balaban J connectivity index is 1.60. The predicted molar refractivity (Wildman–Crippen MR) is 89.0 cm³/mol. The van der Waals surface area contributed by atoms with Crippen LogP contribution < -0.4 is 10.6 Å². The highest BCUT2D eigenvalue weighted by atomic mass is 35.5. The van der Waals surface area contributed by atoms with E-state index in [0.29, 0.717) is 29.0 Å². The zero-order valence-electron chi connectivity index (χ0n) is 11.8. The van der Waals surface area contributed by atoms with E-state index in [1.807, 2.05) is 19.2 Å². The van der Waals surface area contributed by atoms with E-state index in [1.54, 1.807) is 23.0 Å². The quantitative estimate of drug-likeness (QED) is 0.700. The molecule has 0 unspecified atom stereocenters. The third-order valence-corrected chi connectivity index (χ3v) is 3.52. The molecule has 0 aromatic carbocycles. The molecule has 0 saturated heterocycles. The standard InChI is InChI=1S/C14H14Cl2N6/c1-9-6-12-14(19-4-5-22(12)21-9)18-3-2-17-13-11(16)7-10(15)8-20-13/h4-8H,2-3H2,1H3,(H,17,20)(H,18,19). The molecule has 8 heteroatoms. The van der Waals surface area contributed by atoms with E-state index in [4.69, 9.17) is 23.2 Å². The van der Waals surface area contributed by atoms with Crippen molar-refractivity contribution in [1.29, 1.82) is 0 Å². The molecule has 114 valence electrons. The van der Waals surface area contributed by atoms with Crippen molar-refractivity contribution in [2.24, 2.45) is 0 Å². The van der Waals surface area contributed by atoms with Gasteiger partial charge in [0, 0.05) is 31.7 Å². The van der Waals surface area contributed by atoms with Crippen LogP contribution in [-0.2, 0) is 0 Å². The predicted octanol–water partition coefficient (Wildman–Crippen LogP) is 3.26. The van der Waals surface area contributed by atoms with Gasteiger partial charge in [0.15, 0.2) is 5.82 Å². The van der Waals surface area contributed by atoms with Gasteiger partial charge in [-0.2, -0.15) is 5.10 Å². The number of nitrogens with one attached hydrogen (secondary N) is 2. The highest BCUT2D eigenvalue weighted by Crippen LogP contribution is 2.22. The van der Waals surface area contributed by atoms with E-state index >= 15 is 0 Å². The first-order chi connectivity index (χ1) is 10.6. The van der Waals surface area contributed by atoms with Crippen LogP contribution in [0.15, 0.2) is 30.7 Å². The lowest BCUT2D eigenvalue weighted by atomic mass is 10.4. The van der Waals surface area contributed by atoms with E-state index in [9.17, 15) is 0 Å². The van der Waals surface area contributed by atoms with Crippen molar-refractivity contribution < 1.29 is 0 Å². The Hall–Kier alpha value is -2.05. The third kappa shape index (κ3) is 3.23. The molecule has 0 aliphatic carbocycles. The Bertz CT molecular complexity index is 801. The summed E-state index contributed by atoms with van der Waals surface area (Å²) in [4.78, 5) is 8.48. The number of aromatic nitrogens is 4. The second-order valence-corrected chi connectivity index (χ2v) is 5.57. The van der Waals surface area contributed by atoms with Crippen LogP contribution in [0.1, 0.15) is 5.69 Å². The molecule has 3 aromatic heterocycles. The molecular weight excluding hydrogens is 323 g/mol. The molecule has 3 aromatic rings. The Morgan fingerprint density at radius 3 is 2.64 bits per heavy atom. The van der Waals surface area contributed by atoms with Crippen molar-refractivity contribution in [2.45, 2.75) is 6.92 Å². The van der Waals surface area contributed by atoms with Gasteiger partial charge in [-0.1, -0.05) is 23.2 Å². The van der Waals surface area contributed by atoms with Crippen molar-refractivity contribution in [3.63, 3.8) is 0 Å². The fourth-order valence-electron chi connectivity index (χ4n) is 2.09. The third-order valence-electron chi connectivity index (χ3n) is 3.03. The first-order valence-electron chi connectivity index (χ1n) is 6.73. The molecule has 0 aliphatic rings. The van der Waals surface area contributed by atoms with Gasteiger partial charge in [-0.15, -0.1) is 0 Å². The summed E-state index contributed by atoms with van der Waals surface area (Å²) in [7, 11) is 0. The number of pyridine rings is 1. The van der Waals surface area contributed by atoms with E-state index < -0.39 is 0 Å². The van der Waals surface area contributed by atoms with Crippen LogP contribution in [0.4, 0.5) is 11.6 Å². The van der Waals surface area contributed by atoms with Gasteiger partial charge in [0.25, 0.3) is 0 Å². The van der Waals surface area contributed by atoms with Gasteiger partial charge in [-0.25, -0.2) is 14.5 Å². The lowest BCUT2D eigenvalue weighted by Gasteiger charge is -2.09. The van der Waals surface area contributed by atoms with Crippen LogP contribution in [0.5, 0.6) is 0 Å². The summed E-state index contributed by atoms with van der Waals surface area (Å²) in [5.74, 6) is 1.40. The van der Waals surface area contributed by atoms with Crippen LogP contribution in [0.3, 0.4) is 0 Å². The number of rotatable bonds is 5. The molecule has 0 radical (unpaired) electrons. The van der Waals surface area contributed by atoms with Crippen LogP contribution in [0, 0.1) is 6.92 Å². The molecule has 0 saturated carbocycles. The number of anilines is 2. The van der Waals surface area contributed by atoms with Gasteiger partial charge in [0.2, 0.25) is 0 Å². The van der Waals surface area contributed by atoms with Crippen molar-refractivity contribution >= 4 is 40.4 Å². The lowest BCUT2D eigenvalue weighted by Crippen LogP contribution is -2.15. The zero-order chi connectivity index (χ0) is 15.5. The van der Waals surface area contributed by atoms with Crippen molar-refractivity contribution in [3.05, 3.63) is 46.5 Å². The zero-order valence-corrected chi connectivity index (χ0v) is 13.4. The lowest BCUT2D eigenvalue weighted by molar-refractivity contribution is 0.919. The average Bonchev–Trinajstić information content (AvgIpc) is 2.86. The number of halogens is 2. The summed E-state index contributed by atoms with van der Waals surface area (Å²) >= 11 is 11.9. The van der Waals surface area contributed by atoms with E-state index in [2.05, 4.69) is 25.7 Å². The minimum atomic E-state index is 0.499. The number of hydrogen-bond donors (Lipinski definition) is 2. The molecule has 0 bridgehead atoms. The summed E-state index contributed by atoms with van der Waals surface area (Å²) in [6, 6.07) is 3.64. The molecule has 0 amide bonds. The molecule has 3 heterocycles. The molecule has 3 rings (SSSR count). The minimum absolute atomic E-state index is 0.499. The molecule has 6 nitrogen and oxygen atoms in total. The first kappa shape index (κ1) is 14.9. The van der Waals surface area contributed by atoms with Gasteiger partial charge in [-0.05, 0) is 19.1 Å². The Labute approximate surface area is 137 Å². The maximum Gasteiger partial charge on any atom is 0.152 e. The molecule has 0 spiro atoms. The monoisotopic (exact) mass is 336 g/mol. The van der Waals surface area contributed by atoms with Crippen LogP contribution >= 0.6 is 23.2 Å². The van der Waals surface area contributed by atoms with Crippen molar-refractivity contribution in [1.82, 2.24) is 19.6 Å². The maximum atomic E-state index is 6.05. The van der Waals surface area contributed by atoms with Crippen molar-refractivity contribution in [3.8, 4) is 0 Å². The van der Waals surface area contributed by atoms with Gasteiger partial charge < -0.3 is 10.6 Å². The largest absolute Gasteiger partial charge is 0.367 e. The molecular formula is C14H14Cl2N6. The topological polar surface area (TPSA) is 67.1 Å². The van der Waals surface area contributed by atoms with Gasteiger partial charge in [0.1, 0.15) is 11.3 Å². The number of hydrogen-bond acceptors (Lipinski definition) is 5. The number of aryl methyl sites for hydroxylation is 1. The highest BCUT2D eigenvalue weighted by Gasteiger charge is 2.05. The maximum absolute atomic E-state index is 6.05. The molecule has 22 heavy (non-hydrogen) atoms. The van der Waals surface area contributed by atoms with Gasteiger partial charge in [0.05, 0.1) is 15.7 Å². The minimum Gasteiger partial charge on any atom is -0.367 e. The van der Waals surface area contributed by atoms with E-state index in [1.165, 1.54) is 0 Å². The Morgan fingerprint density at radius 2 is 1.86 bits per heavy atom.